The van der Waals surface area contributed by atoms with Crippen molar-refractivity contribution in [1.82, 2.24) is 0 Å². The summed E-state index contributed by atoms with van der Waals surface area (Å²) in [5.74, 6) is 2.30. The molecule has 0 spiro atoms. The van der Waals surface area contributed by atoms with Crippen LogP contribution in [-0.2, 0) is 13.0 Å². The number of nitrogens with two attached hydrogens (primary N) is 1. The summed E-state index contributed by atoms with van der Waals surface area (Å²) in [6.45, 7) is 2.76. The van der Waals surface area contributed by atoms with E-state index in [9.17, 15) is 0 Å². The molecule has 1 aliphatic heterocycles. The lowest BCUT2D eigenvalue weighted by Gasteiger charge is -2.13. The molecular formula is C15H16BrNO3S. The first-order valence-corrected chi connectivity index (χ1v) is 8.28. The number of ether oxygens (including phenoxy) is 3. The first-order chi connectivity index (χ1) is 10.1. The molecule has 0 saturated heterocycles. The topological polar surface area (TPSA) is 53.7 Å². The van der Waals surface area contributed by atoms with Crippen molar-refractivity contribution in [3.63, 3.8) is 0 Å². The number of fused-ring (bicyclic) bond motifs is 1. The zero-order valence-electron chi connectivity index (χ0n) is 11.6. The van der Waals surface area contributed by atoms with Crippen LogP contribution < -0.4 is 19.9 Å². The fraction of sp³-hybridized carbons (Fsp3) is 0.333. The minimum atomic E-state index is 0.0589. The molecule has 0 radical (unpaired) electrons. The van der Waals surface area contributed by atoms with Crippen molar-refractivity contribution in [3.8, 4) is 17.2 Å². The van der Waals surface area contributed by atoms with Crippen molar-refractivity contribution in [2.75, 3.05) is 6.79 Å². The Morgan fingerprint density at radius 2 is 2.10 bits per heavy atom. The van der Waals surface area contributed by atoms with Crippen LogP contribution in [0.5, 0.6) is 17.2 Å². The lowest BCUT2D eigenvalue weighted by molar-refractivity contribution is 0.173. The predicted molar refractivity (Wildman–Crippen MR) is 86.3 cm³/mol. The van der Waals surface area contributed by atoms with Crippen LogP contribution in [0.3, 0.4) is 0 Å². The zero-order valence-corrected chi connectivity index (χ0v) is 14.0. The second-order valence-corrected chi connectivity index (χ2v) is 7.54. The van der Waals surface area contributed by atoms with Gasteiger partial charge in [0.1, 0.15) is 12.4 Å². The molecule has 2 aromatic rings. The third-order valence-electron chi connectivity index (χ3n) is 3.10. The Hall–Kier alpha value is -1.24. The van der Waals surface area contributed by atoms with Crippen LogP contribution in [0.2, 0.25) is 0 Å². The maximum atomic E-state index is 5.96. The van der Waals surface area contributed by atoms with Gasteiger partial charge in [-0.2, -0.15) is 0 Å². The van der Waals surface area contributed by atoms with Gasteiger partial charge in [0.15, 0.2) is 11.5 Å². The van der Waals surface area contributed by atoms with Crippen LogP contribution in [0.25, 0.3) is 0 Å². The molecule has 0 bridgehead atoms. The fourth-order valence-corrected chi connectivity index (χ4v) is 3.58. The molecule has 21 heavy (non-hydrogen) atoms. The molecule has 2 N–H and O–H groups in total. The van der Waals surface area contributed by atoms with Crippen molar-refractivity contribution < 1.29 is 14.2 Å². The van der Waals surface area contributed by atoms with E-state index in [0.29, 0.717) is 6.61 Å². The molecule has 2 heterocycles. The van der Waals surface area contributed by atoms with Gasteiger partial charge in [0.2, 0.25) is 6.79 Å². The zero-order chi connectivity index (χ0) is 14.8. The third kappa shape index (κ3) is 3.51. The third-order valence-corrected chi connectivity index (χ3v) is 4.69. The van der Waals surface area contributed by atoms with Crippen LogP contribution in [-0.4, -0.2) is 12.8 Å². The van der Waals surface area contributed by atoms with E-state index >= 15 is 0 Å². The van der Waals surface area contributed by atoms with Crippen LogP contribution in [0.4, 0.5) is 0 Å². The lowest BCUT2D eigenvalue weighted by atomic mass is 10.1. The Bertz CT molecular complexity index is 642. The van der Waals surface area contributed by atoms with Gasteiger partial charge >= 0.3 is 0 Å². The van der Waals surface area contributed by atoms with Gasteiger partial charge in [-0.15, -0.1) is 11.3 Å². The number of hydrogen-bond donors (Lipinski definition) is 1. The van der Waals surface area contributed by atoms with E-state index in [1.54, 1.807) is 11.3 Å². The molecule has 0 amide bonds. The predicted octanol–water partition coefficient (Wildman–Crippen LogP) is 3.71. The molecule has 1 aromatic heterocycles. The van der Waals surface area contributed by atoms with Crippen LogP contribution in [0.15, 0.2) is 28.1 Å². The van der Waals surface area contributed by atoms with Gasteiger partial charge in [0.05, 0.1) is 3.79 Å². The molecule has 1 aromatic carbocycles. The lowest BCUT2D eigenvalue weighted by Crippen LogP contribution is -2.18. The number of benzene rings is 1. The van der Waals surface area contributed by atoms with Crippen LogP contribution >= 0.6 is 27.3 Å². The van der Waals surface area contributed by atoms with E-state index in [2.05, 4.69) is 15.9 Å². The van der Waals surface area contributed by atoms with E-state index in [1.165, 1.54) is 0 Å². The minimum absolute atomic E-state index is 0.0589. The second-order valence-electron chi connectivity index (χ2n) is 4.99. The van der Waals surface area contributed by atoms with Gasteiger partial charge < -0.3 is 19.9 Å². The molecular weight excluding hydrogens is 354 g/mol. The van der Waals surface area contributed by atoms with Gasteiger partial charge in [-0.1, -0.05) is 0 Å². The summed E-state index contributed by atoms with van der Waals surface area (Å²) in [5.41, 5.74) is 6.96. The summed E-state index contributed by atoms with van der Waals surface area (Å²) in [6, 6.07) is 7.98. The van der Waals surface area contributed by atoms with Crippen molar-refractivity contribution in [2.24, 2.45) is 5.73 Å². The van der Waals surface area contributed by atoms with Gasteiger partial charge in [-0.25, -0.2) is 0 Å². The molecule has 3 rings (SSSR count). The Kier molecular flexibility index (Phi) is 4.37. The van der Waals surface area contributed by atoms with E-state index in [1.807, 2.05) is 31.2 Å². The number of halogens is 1. The molecule has 0 aliphatic carbocycles. The summed E-state index contributed by atoms with van der Waals surface area (Å²) in [7, 11) is 0. The molecule has 1 aliphatic rings. The van der Waals surface area contributed by atoms with Crippen molar-refractivity contribution >= 4 is 27.3 Å². The highest BCUT2D eigenvalue weighted by Crippen LogP contribution is 2.39. The molecule has 0 saturated carbocycles. The highest BCUT2D eigenvalue weighted by molar-refractivity contribution is 9.11. The SMILES string of the molecule is CC(N)Cc1cc2c(cc1OCc1ccc(Br)s1)OCO2. The molecule has 1 atom stereocenters. The Morgan fingerprint density at radius 1 is 1.33 bits per heavy atom. The minimum Gasteiger partial charge on any atom is -0.488 e. The maximum Gasteiger partial charge on any atom is 0.231 e. The van der Waals surface area contributed by atoms with Crippen molar-refractivity contribution in [1.29, 1.82) is 0 Å². The van der Waals surface area contributed by atoms with E-state index < -0.39 is 0 Å². The molecule has 1 unspecified atom stereocenters. The summed E-state index contributed by atoms with van der Waals surface area (Å²) in [5, 5.41) is 0. The first-order valence-electron chi connectivity index (χ1n) is 6.67. The molecule has 0 fully saturated rings. The number of rotatable bonds is 5. The largest absolute Gasteiger partial charge is 0.488 e. The highest BCUT2D eigenvalue weighted by Gasteiger charge is 2.19. The molecule has 112 valence electrons. The summed E-state index contributed by atoms with van der Waals surface area (Å²) >= 11 is 5.12. The average molecular weight is 370 g/mol. The Balaban J connectivity index is 1.81. The van der Waals surface area contributed by atoms with E-state index in [4.69, 9.17) is 19.9 Å². The average Bonchev–Trinajstić information content (AvgIpc) is 3.03. The number of hydrogen-bond acceptors (Lipinski definition) is 5. The fourth-order valence-electron chi connectivity index (χ4n) is 2.18. The first kappa shape index (κ1) is 14.7. The van der Waals surface area contributed by atoms with E-state index in [0.717, 1.165) is 37.9 Å². The highest BCUT2D eigenvalue weighted by atomic mass is 79.9. The monoisotopic (exact) mass is 369 g/mol. The van der Waals surface area contributed by atoms with Gasteiger partial charge in [0.25, 0.3) is 0 Å². The summed E-state index contributed by atoms with van der Waals surface area (Å²) in [4.78, 5) is 1.16. The van der Waals surface area contributed by atoms with Gasteiger partial charge in [0, 0.05) is 17.0 Å². The normalized spacial score (nSPS) is 14.2. The number of thiophene rings is 1. The Labute approximate surface area is 135 Å². The maximum absolute atomic E-state index is 5.96. The van der Waals surface area contributed by atoms with Crippen LogP contribution in [0.1, 0.15) is 17.4 Å². The molecule has 4 nitrogen and oxygen atoms in total. The van der Waals surface area contributed by atoms with Gasteiger partial charge in [-0.3, -0.25) is 0 Å². The smallest absolute Gasteiger partial charge is 0.231 e. The van der Waals surface area contributed by atoms with Gasteiger partial charge in [-0.05, 0) is 53.0 Å². The Morgan fingerprint density at radius 3 is 2.76 bits per heavy atom. The summed E-state index contributed by atoms with van der Waals surface area (Å²) < 4.78 is 17.9. The van der Waals surface area contributed by atoms with Crippen LogP contribution in [0, 0.1) is 0 Å². The van der Waals surface area contributed by atoms with E-state index in [-0.39, 0.29) is 12.8 Å². The van der Waals surface area contributed by atoms with Crippen molar-refractivity contribution in [2.45, 2.75) is 26.0 Å². The van der Waals surface area contributed by atoms with Crippen molar-refractivity contribution in [3.05, 3.63) is 38.5 Å². The second kappa shape index (κ2) is 6.25. The standard InChI is InChI=1S/C15H16BrNO3S/c1-9(17)4-10-5-13-14(20-8-19-13)6-12(10)18-7-11-2-3-15(16)21-11/h2-3,5-6,9H,4,7-8,17H2,1H3. The molecule has 6 heteroatoms. The summed E-state index contributed by atoms with van der Waals surface area (Å²) in [6.07, 6.45) is 0.736. The quantitative estimate of drug-likeness (QED) is 0.872.